The summed E-state index contributed by atoms with van der Waals surface area (Å²) in [5.41, 5.74) is 1.77. The summed E-state index contributed by atoms with van der Waals surface area (Å²) in [5.74, 6) is 0.326. The predicted molar refractivity (Wildman–Crippen MR) is 114 cm³/mol. The third kappa shape index (κ3) is 4.70. The summed E-state index contributed by atoms with van der Waals surface area (Å²) in [6.07, 6.45) is 1.56. The van der Waals surface area contributed by atoms with E-state index in [4.69, 9.17) is 0 Å². The molecule has 0 saturated heterocycles. The van der Waals surface area contributed by atoms with Crippen molar-refractivity contribution in [1.82, 2.24) is 20.0 Å². The second kappa shape index (κ2) is 8.84. The van der Waals surface area contributed by atoms with Crippen LogP contribution in [0.25, 0.3) is 5.69 Å². The molecule has 0 bridgehead atoms. The number of nitrogens with zero attached hydrogens (tertiary/aromatic N) is 5. The highest BCUT2D eigenvalue weighted by Crippen LogP contribution is 2.28. The van der Waals surface area contributed by atoms with E-state index >= 15 is 0 Å². The first kappa shape index (κ1) is 19.7. The highest BCUT2D eigenvalue weighted by molar-refractivity contribution is 8.00. The summed E-state index contributed by atoms with van der Waals surface area (Å²) in [6, 6.07) is 17.5. The molecular weight excluding hydrogens is 424 g/mol. The number of nitro benzene ring substituents is 1. The van der Waals surface area contributed by atoms with Crippen LogP contribution in [0.15, 0.2) is 71.2 Å². The van der Waals surface area contributed by atoms with E-state index in [0.717, 1.165) is 10.1 Å². The lowest BCUT2D eigenvalue weighted by Gasteiger charge is -2.01. The van der Waals surface area contributed by atoms with Crippen molar-refractivity contribution >= 4 is 39.8 Å². The van der Waals surface area contributed by atoms with E-state index in [0.29, 0.717) is 10.8 Å². The Kier molecular flexibility index (Phi) is 5.82. The largest absolute Gasteiger partial charge is 0.295 e. The van der Waals surface area contributed by atoms with Gasteiger partial charge in [0.05, 0.1) is 10.6 Å². The molecule has 30 heavy (non-hydrogen) atoms. The maximum atomic E-state index is 12.5. The van der Waals surface area contributed by atoms with Gasteiger partial charge in [0.15, 0.2) is 10.0 Å². The first-order valence-corrected chi connectivity index (χ1v) is 10.5. The standard InChI is InChI=1S/C19H14N6O3S2/c26-17(16-9-10-24(23-16)14-7-4-8-15(11-14)25(27)28)20-18-21-22-19(30-18)29-12-13-5-2-1-3-6-13/h1-11H,12H2,(H,20,21,26). The molecular formula is C19H14N6O3S2. The number of carbonyl (C=O) groups excluding carboxylic acids is 1. The minimum atomic E-state index is -0.483. The third-order valence-electron chi connectivity index (χ3n) is 3.96. The Morgan fingerprint density at radius 3 is 2.77 bits per heavy atom. The summed E-state index contributed by atoms with van der Waals surface area (Å²) in [5, 5.41) is 26.3. The van der Waals surface area contributed by atoms with Gasteiger partial charge >= 0.3 is 0 Å². The molecule has 11 heteroatoms. The molecule has 0 unspecified atom stereocenters. The minimum Gasteiger partial charge on any atom is -0.295 e. The fourth-order valence-electron chi connectivity index (χ4n) is 2.54. The number of aromatic nitrogens is 4. The quantitative estimate of drug-likeness (QED) is 0.199. The van der Waals surface area contributed by atoms with Crippen LogP contribution in [0.2, 0.25) is 0 Å². The molecule has 0 aliphatic carbocycles. The number of hydrogen-bond acceptors (Lipinski definition) is 8. The van der Waals surface area contributed by atoms with Crippen LogP contribution >= 0.6 is 23.1 Å². The molecule has 2 aromatic heterocycles. The van der Waals surface area contributed by atoms with Crippen molar-refractivity contribution in [3.8, 4) is 5.69 Å². The molecule has 9 nitrogen and oxygen atoms in total. The highest BCUT2D eigenvalue weighted by atomic mass is 32.2. The van der Waals surface area contributed by atoms with Crippen LogP contribution in [-0.2, 0) is 5.75 Å². The van der Waals surface area contributed by atoms with Crippen LogP contribution in [0.4, 0.5) is 10.8 Å². The average molecular weight is 438 g/mol. The minimum absolute atomic E-state index is 0.0524. The van der Waals surface area contributed by atoms with Gasteiger partial charge in [0.1, 0.15) is 0 Å². The van der Waals surface area contributed by atoms with E-state index < -0.39 is 10.8 Å². The Morgan fingerprint density at radius 2 is 1.97 bits per heavy atom. The molecule has 0 atom stereocenters. The Balaban J connectivity index is 1.40. The number of nitro groups is 1. The van der Waals surface area contributed by atoms with Gasteiger partial charge in [-0.05, 0) is 17.7 Å². The molecule has 0 aliphatic heterocycles. The molecule has 0 fully saturated rings. The molecule has 1 N–H and O–H groups in total. The maximum Gasteiger partial charge on any atom is 0.277 e. The summed E-state index contributed by atoms with van der Waals surface area (Å²) in [6.45, 7) is 0. The predicted octanol–water partition coefficient (Wildman–Crippen LogP) is 4.18. The molecule has 1 amide bonds. The van der Waals surface area contributed by atoms with Gasteiger partial charge in [0.25, 0.3) is 11.6 Å². The normalized spacial score (nSPS) is 10.7. The van der Waals surface area contributed by atoms with Gasteiger partial charge in [0.2, 0.25) is 5.13 Å². The van der Waals surface area contributed by atoms with Crippen molar-refractivity contribution in [3.63, 3.8) is 0 Å². The number of carbonyl (C=O) groups is 1. The average Bonchev–Trinajstić information content (AvgIpc) is 3.43. The van der Waals surface area contributed by atoms with Gasteiger partial charge in [-0.15, -0.1) is 10.2 Å². The summed E-state index contributed by atoms with van der Waals surface area (Å²) >= 11 is 2.82. The molecule has 2 aromatic carbocycles. The van der Waals surface area contributed by atoms with Gasteiger partial charge in [0, 0.05) is 24.1 Å². The van der Waals surface area contributed by atoms with Crippen LogP contribution in [0, 0.1) is 10.1 Å². The monoisotopic (exact) mass is 438 g/mol. The van der Waals surface area contributed by atoms with Crippen LogP contribution in [-0.4, -0.2) is 30.8 Å². The summed E-state index contributed by atoms with van der Waals surface area (Å²) < 4.78 is 2.15. The van der Waals surface area contributed by atoms with E-state index in [1.54, 1.807) is 30.1 Å². The smallest absolute Gasteiger partial charge is 0.277 e. The number of anilines is 1. The molecule has 0 aliphatic rings. The number of benzene rings is 2. The Morgan fingerprint density at radius 1 is 1.13 bits per heavy atom. The zero-order chi connectivity index (χ0) is 20.9. The summed E-state index contributed by atoms with van der Waals surface area (Å²) in [4.78, 5) is 22.9. The number of amides is 1. The molecule has 4 rings (SSSR count). The summed E-state index contributed by atoms with van der Waals surface area (Å²) in [7, 11) is 0. The fourth-order valence-corrected chi connectivity index (χ4v) is 4.24. The molecule has 0 saturated carbocycles. The molecule has 0 radical (unpaired) electrons. The lowest BCUT2D eigenvalue weighted by atomic mass is 10.2. The van der Waals surface area contributed by atoms with Gasteiger partial charge < -0.3 is 0 Å². The highest BCUT2D eigenvalue weighted by Gasteiger charge is 2.15. The maximum absolute atomic E-state index is 12.5. The van der Waals surface area contributed by atoms with E-state index in [9.17, 15) is 14.9 Å². The van der Waals surface area contributed by atoms with Crippen molar-refractivity contribution in [2.24, 2.45) is 0 Å². The molecule has 2 heterocycles. The van der Waals surface area contributed by atoms with Crippen LogP contribution < -0.4 is 5.32 Å². The number of hydrogen-bond donors (Lipinski definition) is 1. The second-order valence-electron chi connectivity index (χ2n) is 6.02. The van der Waals surface area contributed by atoms with Gasteiger partial charge in [-0.1, -0.05) is 59.5 Å². The van der Waals surface area contributed by atoms with Gasteiger partial charge in [-0.3, -0.25) is 20.2 Å². The van der Waals surface area contributed by atoms with E-state index in [2.05, 4.69) is 20.6 Å². The van der Waals surface area contributed by atoms with Crippen molar-refractivity contribution in [2.45, 2.75) is 10.1 Å². The first-order valence-electron chi connectivity index (χ1n) is 8.70. The zero-order valence-corrected chi connectivity index (χ0v) is 17.0. The van der Waals surface area contributed by atoms with Crippen LogP contribution in [0.1, 0.15) is 16.1 Å². The number of non-ortho nitro benzene ring substituents is 1. The SMILES string of the molecule is O=C(Nc1nnc(SCc2ccccc2)s1)c1ccn(-c2cccc([N+](=O)[O-])c2)n1. The van der Waals surface area contributed by atoms with E-state index in [1.165, 1.54) is 39.8 Å². The first-order chi connectivity index (χ1) is 14.6. The topological polar surface area (TPSA) is 116 Å². The Hall–Kier alpha value is -3.57. The zero-order valence-electron chi connectivity index (χ0n) is 15.3. The third-order valence-corrected chi connectivity index (χ3v) is 6.00. The van der Waals surface area contributed by atoms with Crippen LogP contribution in [0.3, 0.4) is 0 Å². The second-order valence-corrected chi connectivity index (χ2v) is 8.22. The van der Waals surface area contributed by atoms with Crippen molar-refractivity contribution in [3.05, 3.63) is 88.2 Å². The molecule has 4 aromatic rings. The van der Waals surface area contributed by atoms with Crippen molar-refractivity contribution in [2.75, 3.05) is 5.32 Å². The van der Waals surface area contributed by atoms with Gasteiger partial charge in [-0.25, -0.2) is 4.68 Å². The van der Waals surface area contributed by atoms with Crippen molar-refractivity contribution < 1.29 is 9.72 Å². The van der Waals surface area contributed by atoms with Crippen LogP contribution in [0.5, 0.6) is 0 Å². The van der Waals surface area contributed by atoms with Gasteiger partial charge in [-0.2, -0.15) is 5.10 Å². The Bertz CT molecular complexity index is 1190. The lowest BCUT2D eigenvalue weighted by Crippen LogP contribution is -2.13. The van der Waals surface area contributed by atoms with E-state index in [1.807, 2.05) is 30.3 Å². The number of nitrogens with one attached hydrogen (secondary N) is 1. The molecule has 0 spiro atoms. The Labute approximate surface area is 178 Å². The number of rotatable bonds is 7. The lowest BCUT2D eigenvalue weighted by molar-refractivity contribution is -0.384. The van der Waals surface area contributed by atoms with E-state index in [-0.39, 0.29) is 11.4 Å². The number of thioether (sulfide) groups is 1. The van der Waals surface area contributed by atoms with Crippen molar-refractivity contribution in [1.29, 1.82) is 0 Å². The molecule has 150 valence electrons. The fraction of sp³-hybridized carbons (Fsp3) is 0.0526.